The summed E-state index contributed by atoms with van der Waals surface area (Å²) >= 11 is 0. The molecular weight excluding hydrogens is 366 g/mol. The van der Waals surface area contributed by atoms with Gasteiger partial charge in [-0.15, -0.1) is 0 Å². The molecule has 0 aliphatic heterocycles. The lowest BCUT2D eigenvalue weighted by Crippen LogP contribution is -2.36. The minimum absolute atomic E-state index is 0.0239. The molecule has 1 N–H and O–H groups in total. The van der Waals surface area contributed by atoms with E-state index in [4.69, 9.17) is 4.74 Å². The van der Waals surface area contributed by atoms with E-state index in [0.717, 1.165) is 16.9 Å². The molecule has 29 heavy (non-hydrogen) atoms. The van der Waals surface area contributed by atoms with E-state index in [9.17, 15) is 9.59 Å². The van der Waals surface area contributed by atoms with Gasteiger partial charge in [-0.25, -0.2) is 0 Å². The first-order valence-electron chi connectivity index (χ1n) is 9.31. The van der Waals surface area contributed by atoms with E-state index in [2.05, 4.69) is 10.3 Å². The molecule has 2 aromatic carbocycles. The summed E-state index contributed by atoms with van der Waals surface area (Å²) in [6.45, 7) is 2.27. The highest BCUT2D eigenvalue weighted by molar-refractivity contribution is 5.94. The first kappa shape index (κ1) is 20.1. The summed E-state index contributed by atoms with van der Waals surface area (Å²) in [7, 11) is 0. The fourth-order valence-electron chi connectivity index (χ4n) is 2.74. The van der Waals surface area contributed by atoms with Gasteiger partial charge in [-0.2, -0.15) is 0 Å². The Labute approximate surface area is 170 Å². The maximum atomic E-state index is 12.4. The molecule has 0 unspecified atom stereocenters. The van der Waals surface area contributed by atoms with Gasteiger partial charge in [0.15, 0.2) is 0 Å². The molecule has 0 fully saturated rings. The summed E-state index contributed by atoms with van der Waals surface area (Å²) in [4.78, 5) is 29.7. The number of amides is 2. The van der Waals surface area contributed by atoms with Crippen molar-refractivity contribution in [2.75, 3.05) is 11.9 Å². The van der Waals surface area contributed by atoms with Gasteiger partial charge in [0.2, 0.25) is 11.8 Å². The van der Waals surface area contributed by atoms with Crippen molar-refractivity contribution < 1.29 is 14.3 Å². The summed E-state index contributed by atoms with van der Waals surface area (Å²) < 4.78 is 5.74. The first-order chi connectivity index (χ1) is 14.1. The zero-order valence-electron chi connectivity index (χ0n) is 16.2. The third-order valence-electron chi connectivity index (χ3n) is 4.29. The fourth-order valence-corrected chi connectivity index (χ4v) is 2.74. The second-order valence-electron chi connectivity index (χ2n) is 6.58. The topological polar surface area (TPSA) is 71.5 Å². The predicted molar refractivity (Wildman–Crippen MR) is 111 cm³/mol. The number of ether oxygens (including phenoxy) is 1. The van der Waals surface area contributed by atoms with Gasteiger partial charge in [-0.3, -0.25) is 14.6 Å². The molecule has 0 bridgehead atoms. The molecule has 6 nitrogen and oxygen atoms in total. The van der Waals surface area contributed by atoms with E-state index in [1.165, 1.54) is 11.8 Å². The van der Waals surface area contributed by atoms with Gasteiger partial charge in [0.1, 0.15) is 18.9 Å². The second-order valence-corrected chi connectivity index (χ2v) is 6.58. The van der Waals surface area contributed by atoms with Crippen LogP contribution in [0.25, 0.3) is 0 Å². The molecule has 148 valence electrons. The third-order valence-corrected chi connectivity index (χ3v) is 4.29. The monoisotopic (exact) mass is 389 g/mol. The summed E-state index contributed by atoms with van der Waals surface area (Å²) in [5.41, 5.74) is 2.65. The normalized spacial score (nSPS) is 10.2. The molecule has 3 rings (SSSR count). The van der Waals surface area contributed by atoms with Gasteiger partial charge in [-0.1, -0.05) is 30.3 Å². The summed E-state index contributed by atoms with van der Waals surface area (Å²) in [6, 6.07) is 20.7. The lowest BCUT2D eigenvalue weighted by atomic mass is 10.2. The predicted octanol–water partition coefficient (Wildman–Crippen LogP) is 3.65. The fraction of sp³-hybridized carbons (Fsp3) is 0.174. The van der Waals surface area contributed by atoms with Gasteiger partial charge in [0.05, 0.1) is 0 Å². The van der Waals surface area contributed by atoms with Crippen molar-refractivity contribution in [3.63, 3.8) is 0 Å². The van der Waals surface area contributed by atoms with Gasteiger partial charge in [0.25, 0.3) is 0 Å². The molecule has 0 spiro atoms. The number of carbonyl (C=O) groups is 2. The van der Waals surface area contributed by atoms with Crippen molar-refractivity contribution in [1.29, 1.82) is 0 Å². The number of rotatable bonds is 8. The molecule has 1 aromatic heterocycles. The van der Waals surface area contributed by atoms with E-state index >= 15 is 0 Å². The minimum atomic E-state index is -0.257. The number of benzene rings is 2. The van der Waals surface area contributed by atoms with Crippen LogP contribution in [0.3, 0.4) is 0 Å². The highest BCUT2D eigenvalue weighted by atomic mass is 16.5. The van der Waals surface area contributed by atoms with E-state index in [1.54, 1.807) is 36.7 Å². The third kappa shape index (κ3) is 6.46. The van der Waals surface area contributed by atoms with Crippen LogP contribution in [0, 0.1) is 0 Å². The molecular formula is C23H23N3O3. The van der Waals surface area contributed by atoms with Crippen LogP contribution in [0.4, 0.5) is 5.69 Å². The molecule has 0 radical (unpaired) electrons. The van der Waals surface area contributed by atoms with Crippen LogP contribution in [-0.4, -0.2) is 28.2 Å². The highest BCUT2D eigenvalue weighted by Gasteiger charge is 2.14. The average molecular weight is 389 g/mol. The Hall–Kier alpha value is -3.67. The standard InChI is InChI=1S/C23H23N3O3/c1-18(27)26(15-19-11-13-24-14-12-19)16-23(28)25-21-7-9-22(10-8-21)29-17-20-5-3-2-4-6-20/h2-14H,15-17H2,1H3,(H,25,28). The molecule has 3 aromatic rings. The van der Waals surface area contributed by atoms with E-state index in [0.29, 0.717) is 18.8 Å². The second kappa shape index (κ2) is 10.0. The number of hydrogen-bond donors (Lipinski definition) is 1. The number of nitrogens with zero attached hydrogens (tertiary/aromatic N) is 2. The van der Waals surface area contributed by atoms with Crippen molar-refractivity contribution in [2.45, 2.75) is 20.1 Å². The van der Waals surface area contributed by atoms with Crippen LogP contribution >= 0.6 is 0 Å². The molecule has 0 atom stereocenters. The molecule has 0 aliphatic carbocycles. The van der Waals surface area contributed by atoms with E-state index in [-0.39, 0.29) is 18.4 Å². The number of carbonyl (C=O) groups excluding carboxylic acids is 2. The molecule has 2 amide bonds. The van der Waals surface area contributed by atoms with Crippen molar-refractivity contribution in [2.24, 2.45) is 0 Å². The summed E-state index contributed by atoms with van der Waals surface area (Å²) in [5, 5.41) is 2.81. The Balaban J connectivity index is 1.52. The van der Waals surface area contributed by atoms with E-state index in [1.807, 2.05) is 42.5 Å². The maximum absolute atomic E-state index is 12.4. The van der Waals surface area contributed by atoms with Crippen molar-refractivity contribution >= 4 is 17.5 Å². The lowest BCUT2D eigenvalue weighted by molar-refractivity contribution is -0.133. The Bertz CT molecular complexity index is 929. The highest BCUT2D eigenvalue weighted by Crippen LogP contribution is 2.17. The van der Waals surface area contributed by atoms with Crippen LogP contribution in [0.1, 0.15) is 18.1 Å². The summed E-state index contributed by atoms with van der Waals surface area (Å²) in [5.74, 6) is 0.295. The smallest absolute Gasteiger partial charge is 0.244 e. The Morgan fingerprint density at radius 3 is 2.28 bits per heavy atom. The number of pyridine rings is 1. The van der Waals surface area contributed by atoms with Crippen LogP contribution in [-0.2, 0) is 22.7 Å². The number of hydrogen-bond acceptors (Lipinski definition) is 4. The van der Waals surface area contributed by atoms with Gasteiger partial charge in [0, 0.05) is 31.5 Å². The van der Waals surface area contributed by atoms with Gasteiger partial charge in [-0.05, 0) is 47.5 Å². The Morgan fingerprint density at radius 1 is 0.931 bits per heavy atom. The van der Waals surface area contributed by atoms with Crippen LogP contribution in [0.2, 0.25) is 0 Å². The number of anilines is 1. The van der Waals surface area contributed by atoms with Crippen molar-refractivity contribution in [3.8, 4) is 5.75 Å². The van der Waals surface area contributed by atoms with Gasteiger partial charge < -0.3 is 15.0 Å². The summed E-state index contributed by atoms with van der Waals surface area (Å²) in [6.07, 6.45) is 3.32. The first-order valence-corrected chi connectivity index (χ1v) is 9.31. The molecule has 1 heterocycles. The van der Waals surface area contributed by atoms with E-state index < -0.39 is 0 Å². The molecule has 0 saturated carbocycles. The zero-order valence-corrected chi connectivity index (χ0v) is 16.2. The van der Waals surface area contributed by atoms with Crippen LogP contribution < -0.4 is 10.1 Å². The van der Waals surface area contributed by atoms with Crippen molar-refractivity contribution in [3.05, 3.63) is 90.3 Å². The number of nitrogens with one attached hydrogen (secondary N) is 1. The largest absolute Gasteiger partial charge is 0.489 e. The maximum Gasteiger partial charge on any atom is 0.244 e. The van der Waals surface area contributed by atoms with Gasteiger partial charge >= 0.3 is 0 Å². The lowest BCUT2D eigenvalue weighted by Gasteiger charge is -2.20. The molecule has 6 heteroatoms. The van der Waals surface area contributed by atoms with Crippen LogP contribution in [0.5, 0.6) is 5.75 Å². The van der Waals surface area contributed by atoms with Crippen molar-refractivity contribution in [1.82, 2.24) is 9.88 Å². The number of aromatic nitrogens is 1. The molecule has 0 saturated heterocycles. The molecule has 0 aliphatic rings. The zero-order chi connectivity index (χ0) is 20.5. The average Bonchev–Trinajstić information content (AvgIpc) is 2.74. The van der Waals surface area contributed by atoms with Crippen LogP contribution in [0.15, 0.2) is 79.1 Å². The SMILES string of the molecule is CC(=O)N(CC(=O)Nc1ccc(OCc2ccccc2)cc1)Cc1ccncc1. The Morgan fingerprint density at radius 2 is 1.62 bits per heavy atom. The Kier molecular flexibility index (Phi) is 6.95. The quantitative estimate of drug-likeness (QED) is 0.638. The minimum Gasteiger partial charge on any atom is -0.489 e.